The van der Waals surface area contributed by atoms with Gasteiger partial charge in [-0.05, 0) is 18.8 Å². The Kier molecular flexibility index (Phi) is 2.95. The minimum Gasteiger partial charge on any atom is -0.331 e. The fourth-order valence-electron chi connectivity index (χ4n) is 1.41. The molecule has 0 aliphatic carbocycles. The summed E-state index contributed by atoms with van der Waals surface area (Å²) in [4.78, 5) is 15.0. The fraction of sp³-hybridized carbons (Fsp3) is 0.778. The van der Waals surface area contributed by atoms with Crippen LogP contribution in [-0.4, -0.2) is 43.0 Å². The van der Waals surface area contributed by atoms with Crippen LogP contribution in [0.25, 0.3) is 0 Å². The van der Waals surface area contributed by atoms with E-state index >= 15 is 0 Å². The monoisotopic (exact) mass is 169 g/mol. The Hall–Kier alpha value is -0.730. The molecular weight excluding hydrogens is 152 g/mol. The summed E-state index contributed by atoms with van der Waals surface area (Å²) in [6, 6.07) is 0.127. The highest BCUT2D eigenvalue weighted by Gasteiger charge is 2.20. The Morgan fingerprint density at radius 1 is 1.42 bits per heavy atom. The van der Waals surface area contributed by atoms with E-state index in [9.17, 15) is 4.79 Å². The van der Waals surface area contributed by atoms with Crippen molar-refractivity contribution in [2.75, 3.05) is 27.2 Å². The smallest absolute Gasteiger partial charge is 0.319 e. The molecule has 0 N–H and O–H groups in total. The van der Waals surface area contributed by atoms with E-state index in [-0.39, 0.29) is 6.03 Å². The van der Waals surface area contributed by atoms with E-state index in [0.717, 1.165) is 25.9 Å². The van der Waals surface area contributed by atoms with E-state index in [4.69, 9.17) is 0 Å². The molecule has 1 heterocycles. The lowest BCUT2D eigenvalue weighted by atomic mass is 10.00. The number of carbonyl (C=O) groups is 1. The number of likely N-dealkylation sites (tertiary alicyclic amines) is 1. The van der Waals surface area contributed by atoms with Crippen LogP contribution in [-0.2, 0) is 0 Å². The quantitative estimate of drug-likeness (QED) is 0.534. The van der Waals surface area contributed by atoms with Gasteiger partial charge < -0.3 is 9.80 Å². The van der Waals surface area contributed by atoms with Crippen molar-refractivity contribution < 1.29 is 4.79 Å². The molecule has 12 heavy (non-hydrogen) atoms. The summed E-state index contributed by atoms with van der Waals surface area (Å²) in [6.07, 6.45) is 2.08. The second kappa shape index (κ2) is 3.78. The predicted molar refractivity (Wildman–Crippen MR) is 48.7 cm³/mol. The van der Waals surface area contributed by atoms with Gasteiger partial charge in [0, 0.05) is 27.2 Å². The first kappa shape index (κ1) is 9.36. The van der Waals surface area contributed by atoms with Crippen molar-refractivity contribution in [2.24, 2.45) is 5.92 Å². The Morgan fingerprint density at radius 3 is 2.33 bits per heavy atom. The van der Waals surface area contributed by atoms with Crippen LogP contribution in [0.4, 0.5) is 4.79 Å². The van der Waals surface area contributed by atoms with Crippen LogP contribution in [0.3, 0.4) is 0 Å². The highest BCUT2D eigenvalue weighted by atomic mass is 16.2. The van der Waals surface area contributed by atoms with Gasteiger partial charge in [0.1, 0.15) is 0 Å². The lowest BCUT2D eigenvalue weighted by molar-refractivity contribution is 0.153. The number of urea groups is 1. The Labute approximate surface area is 74.3 Å². The van der Waals surface area contributed by atoms with Gasteiger partial charge in [-0.25, -0.2) is 4.79 Å². The minimum atomic E-state index is 0.127. The first-order chi connectivity index (χ1) is 5.61. The third-order valence-corrected chi connectivity index (χ3v) is 2.27. The van der Waals surface area contributed by atoms with E-state index in [1.54, 1.807) is 19.0 Å². The summed E-state index contributed by atoms with van der Waals surface area (Å²) in [5.41, 5.74) is 0. The van der Waals surface area contributed by atoms with Crippen LogP contribution in [0.5, 0.6) is 0 Å². The topological polar surface area (TPSA) is 23.6 Å². The molecular formula is C9H17N2O. The maximum absolute atomic E-state index is 11.4. The van der Waals surface area contributed by atoms with Crippen LogP contribution in [0, 0.1) is 12.8 Å². The SMILES string of the molecule is [CH2]C1CCN(C(=O)N(C)C)CC1. The van der Waals surface area contributed by atoms with Crippen molar-refractivity contribution >= 4 is 6.03 Å². The van der Waals surface area contributed by atoms with E-state index in [1.807, 2.05) is 4.90 Å². The Morgan fingerprint density at radius 2 is 1.92 bits per heavy atom. The van der Waals surface area contributed by atoms with E-state index in [2.05, 4.69) is 6.92 Å². The molecule has 2 amide bonds. The zero-order valence-corrected chi connectivity index (χ0v) is 7.92. The molecule has 1 fully saturated rings. The van der Waals surface area contributed by atoms with Gasteiger partial charge in [0.15, 0.2) is 0 Å². The fourth-order valence-corrected chi connectivity index (χ4v) is 1.41. The van der Waals surface area contributed by atoms with Crippen LogP contribution >= 0.6 is 0 Å². The first-order valence-electron chi connectivity index (χ1n) is 4.40. The largest absolute Gasteiger partial charge is 0.331 e. The normalized spacial score (nSPS) is 19.4. The first-order valence-corrected chi connectivity index (χ1v) is 4.40. The van der Waals surface area contributed by atoms with Crippen molar-refractivity contribution in [3.05, 3.63) is 6.92 Å². The number of hydrogen-bond donors (Lipinski definition) is 0. The van der Waals surface area contributed by atoms with Crippen molar-refractivity contribution in [1.82, 2.24) is 9.80 Å². The molecule has 0 spiro atoms. The molecule has 0 aromatic heterocycles. The van der Waals surface area contributed by atoms with Crippen molar-refractivity contribution in [3.8, 4) is 0 Å². The Bertz CT molecular complexity index is 160. The molecule has 3 nitrogen and oxygen atoms in total. The lowest BCUT2D eigenvalue weighted by Gasteiger charge is -2.32. The van der Waals surface area contributed by atoms with Gasteiger partial charge >= 0.3 is 6.03 Å². The van der Waals surface area contributed by atoms with Crippen LogP contribution in [0.1, 0.15) is 12.8 Å². The maximum Gasteiger partial charge on any atom is 0.319 e. The number of amides is 2. The maximum atomic E-state index is 11.4. The average Bonchev–Trinajstić information content (AvgIpc) is 2.04. The van der Waals surface area contributed by atoms with Crippen molar-refractivity contribution in [3.63, 3.8) is 0 Å². The highest BCUT2D eigenvalue weighted by Crippen LogP contribution is 2.16. The number of carbonyl (C=O) groups excluding carboxylic acids is 1. The molecule has 0 unspecified atom stereocenters. The van der Waals surface area contributed by atoms with Crippen molar-refractivity contribution in [2.45, 2.75) is 12.8 Å². The number of rotatable bonds is 0. The molecule has 1 rings (SSSR count). The van der Waals surface area contributed by atoms with Crippen LogP contribution in [0.15, 0.2) is 0 Å². The van der Waals surface area contributed by atoms with Gasteiger partial charge in [-0.3, -0.25) is 0 Å². The average molecular weight is 169 g/mol. The molecule has 69 valence electrons. The standard InChI is InChI=1S/C9H17N2O/c1-8-4-6-11(7-5-8)9(12)10(2)3/h8H,1,4-7H2,2-3H3. The predicted octanol–water partition coefficient (Wildman–Crippen LogP) is 1.21. The van der Waals surface area contributed by atoms with Crippen LogP contribution in [0.2, 0.25) is 0 Å². The summed E-state index contributed by atoms with van der Waals surface area (Å²) in [5.74, 6) is 0.538. The van der Waals surface area contributed by atoms with E-state index < -0.39 is 0 Å². The number of nitrogens with zero attached hydrogens (tertiary/aromatic N) is 2. The molecule has 0 aromatic rings. The molecule has 0 aromatic carbocycles. The summed E-state index contributed by atoms with van der Waals surface area (Å²) in [6.45, 7) is 5.72. The number of piperidine rings is 1. The van der Waals surface area contributed by atoms with Gasteiger partial charge in [-0.1, -0.05) is 6.92 Å². The lowest BCUT2D eigenvalue weighted by Crippen LogP contribution is -2.43. The highest BCUT2D eigenvalue weighted by molar-refractivity contribution is 5.73. The van der Waals surface area contributed by atoms with Gasteiger partial charge in [-0.15, -0.1) is 0 Å². The van der Waals surface area contributed by atoms with Gasteiger partial charge in [0.25, 0.3) is 0 Å². The minimum absolute atomic E-state index is 0.127. The molecule has 1 saturated heterocycles. The Balaban J connectivity index is 2.39. The second-order valence-corrected chi connectivity index (χ2v) is 3.61. The molecule has 1 aliphatic heterocycles. The second-order valence-electron chi connectivity index (χ2n) is 3.61. The molecule has 0 bridgehead atoms. The van der Waals surface area contributed by atoms with Gasteiger partial charge in [-0.2, -0.15) is 0 Å². The van der Waals surface area contributed by atoms with Crippen LogP contribution < -0.4 is 0 Å². The van der Waals surface area contributed by atoms with Gasteiger partial charge in [0.2, 0.25) is 0 Å². The zero-order chi connectivity index (χ0) is 9.14. The molecule has 0 atom stereocenters. The molecule has 1 aliphatic rings. The summed E-state index contributed by atoms with van der Waals surface area (Å²) in [7, 11) is 3.58. The zero-order valence-electron chi connectivity index (χ0n) is 7.92. The van der Waals surface area contributed by atoms with Gasteiger partial charge in [0.05, 0.1) is 0 Å². The van der Waals surface area contributed by atoms with E-state index in [0.29, 0.717) is 5.92 Å². The third-order valence-electron chi connectivity index (χ3n) is 2.27. The molecule has 1 radical (unpaired) electrons. The third kappa shape index (κ3) is 2.13. The van der Waals surface area contributed by atoms with E-state index in [1.165, 1.54) is 0 Å². The summed E-state index contributed by atoms with van der Waals surface area (Å²) < 4.78 is 0. The summed E-state index contributed by atoms with van der Waals surface area (Å²) >= 11 is 0. The molecule has 0 saturated carbocycles. The number of hydrogen-bond acceptors (Lipinski definition) is 1. The summed E-state index contributed by atoms with van der Waals surface area (Å²) in [5, 5.41) is 0. The van der Waals surface area contributed by atoms with Crippen molar-refractivity contribution in [1.29, 1.82) is 0 Å². The molecule has 3 heteroatoms.